The fraction of sp³-hybridized carbons (Fsp3) is 0.167. The largest absolute Gasteiger partial charge is 0.457 e. The van der Waals surface area contributed by atoms with Gasteiger partial charge >= 0.3 is 11.9 Å². The van der Waals surface area contributed by atoms with E-state index in [0.717, 1.165) is 23.1 Å². The van der Waals surface area contributed by atoms with Gasteiger partial charge in [-0.2, -0.15) is 0 Å². The Morgan fingerprint density at radius 1 is 0.643 bits per heavy atom. The van der Waals surface area contributed by atoms with E-state index in [1.54, 1.807) is 24.3 Å². The van der Waals surface area contributed by atoms with E-state index in [-0.39, 0.29) is 24.3 Å². The number of benzene rings is 3. The van der Waals surface area contributed by atoms with Crippen LogP contribution in [0.4, 0.5) is 0 Å². The molecule has 0 unspecified atom stereocenters. The molecule has 3 aromatic rings. The van der Waals surface area contributed by atoms with Crippen molar-refractivity contribution in [1.29, 1.82) is 0 Å². The van der Waals surface area contributed by atoms with Crippen LogP contribution in [0.25, 0.3) is 0 Å². The molecule has 0 spiro atoms. The molecule has 28 heavy (non-hydrogen) atoms. The molecule has 0 amide bonds. The Morgan fingerprint density at radius 2 is 1.14 bits per heavy atom. The van der Waals surface area contributed by atoms with Crippen molar-refractivity contribution in [3.8, 4) is 0 Å². The number of rotatable bonds is 7. The summed E-state index contributed by atoms with van der Waals surface area (Å²) in [5, 5.41) is 0. The van der Waals surface area contributed by atoms with Crippen molar-refractivity contribution in [2.45, 2.75) is 26.6 Å². The van der Waals surface area contributed by atoms with Crippen LogP contribution in [0.1, 0.15) is 44.3 Å². The number of carbonyl (C=O) groups is 2. The van der Waals surface area contributed by atoms with Gasteiger partial charge in [-0.15, -0.1) is 0 Å². The van der Waals surface area contributed by atoms with Gasteiger partial charge in [0.2, 0.25) is 0 Å². The smallest absolute Gasteiger partial charge is 0.339 e. The number of aryl methyl sites for hydroxylation is 1. The minimum Gasteiger partial charge on any atom is -0.457 e. The molecular weight excluding hydrogens is 352 g/mol. The Balaban J connectivity index is 1.68. The van der Waals surface area contributed by atoms with E-state index in [4.69, 9.17) is 9.47 Å². The lowest BCUT2D eigenvalue weighted by Crippen LogP contribution is -2.14. The molecule has 0 heterocycles. The number of hydrogen-bond donors (Lipinski definition) is 0. The summed E-state index contributed by atoms with van der Waals surface area (Å²) in [6, 6.07) is 23.8. The molecule has 4 heteroatoms. The highest BCUT2D eigenvalue weighted by molar-refractivity contribution is 6.03. The minimum absolute atomic E-state index is 0.146. The van der Waals surface area contributed by atoms with Crippen molar-refractivity contribution in [1.82, 2.24) is 0 Å². The first-order chi connectivity index (χ1) is 13.7. The third-order valence-electron chi connectivity index (χ3n) is 4.44. The first kappa shape index (κ1) is 19.4. The number of ether oxygens (including phenoxy) is 2. The van der Waals surface area contributed by atoms with Crippen LogP contribution in [0.15, 0.2) is 78.9 Å². The van der Waals surface area contributed by atoms with Crippen LogP contribution in [0.2, 0.25) is 0 Å². The van der Waals surface area contributed by atoms with Crippen LogP contribution in [0.3, 0.4) is 0 Å². The molecular formula is C24H22O4. The third kappa shape index (κ3) is 4.86. The summed E-state index contributed by atoms with van der Waals surface area (Å²) >= 11 is 0. The molecule has 0 N–H and O–H groups in total. The van der Waals surface area contributed by atoms with Gasteiger partial charge in [0, 0.05) is 0 Å². The van der Waals surface area contributed by atoms with Gasteiger partial charge in [-0.05, 0) is 35.2 Å². The molecule has 0 radical (unpaired) electrons. The van der Waals surface area contributed by atoms with Gasteiger partial charge in [-0.25, -0.2) is 9.59 Å². The Morgan fingerprint density at radius 3 is 1.75 bits per heavy atom. The monoisotopic (exact) mass is 374 g/mol. The van der Waals surface area contributed by atoms with Gasteiger partial charge in [-0.3, -0.25) is 0 Å². The highest BCUT2D eigenvalue weighted by Crippen LogP contribution is 2.16. The van der Waals surface area contributed by atoms with Gasteiger partial charge in [0.15, 0.2) is 0 Å². The second kappa shape index (κ2) is 9.51. The molecule has 0 saturated carbocycles. The van der Waals surface area contributed by atoms with Crippen molar-refractivity contribution in [3.63, 3.8) is 0 Å². The molecule has 0 fully saturated rings. The molecule has 3 aromatic carbocycles. The van der Waals surface area contributed by atoms with Crippen LogP contribution in [0.5, 0.6) is 0 Å². The van der Waals surface area contributed by atoms with E-state index < -0.39 is 11.9 Å². The predicted octanol–water partition coefficient (Wildman–Crippen LogP) is 4.96. The minimum atomic E-state index is -0.551. The van der Waals surface area contributed by atoms with E-state index in [0.29, 0.717) is 0 Å². The average Bonchev–Trinajstić information content (AvgIpc) is 2.76. The van der Waals surface area contributed by atoms with Crippen molar-refractivity contribution in [3.05, 3.63) is 107 Å². The van der Waals surface area contributed by atoms with Gasteiger partial charge in [0.1, 0.15) is 13.2 Å². The zero-order valence-corrected chi connectivity index (χ0v) is 15.8. The lowest BCUT2D eigenvalue weighted by Gasteiger charge is -2.11. The number of hydrogen-bond acceptors (Lipinski definition) is 4. The van der Waals surface area contributed by atoms with Gasteiger partial charge in [-0.1, -0.05) is 73.7 Å². The molecule has 0 atom stereocenters. The lowest BCUT2D eigenvalue weighted by molar-refractivity contribution is 0.0425. The summed E-state index contributed by atoms with van der Waals surface area (Å²) in [4.78, 5) is 25.1. The molecule has 0 aliphatic carbocycles. The maximum Gasteiger partial charge on any atom is 0.339 e. The molecule has 0 aliphatic heterocycles. The van der Waals surface area contributed by atoms with E-state index in [2.05, 4.69) is 6.92 Å². The van der Waals surface area contributed by atoms with Crippen LogP contribution in [0, 0.1) is 0 Å². The summed E-state index contributed by atoms with van der Waals surface area (Å²) < 4.78 is 10.8. The summed E-state index contributed by atoms with van der Waals surface area (Å²) in [6.07, 6.45) is 0.857. The second-order valence-electron chi connectivity index (χ2n) is 6.31. The topological polar surface area (TPSA) is 52.6 Å². The average molecular weight is 374 g/mol. The highest BCUT2D eigenvalue weighted by atomic mass is 16.5. The van der Waals surface area contributed by atoms with Crippen LogP contribution in [-0.4, -0.2) is 11.9 Å². The fourth-order valence-electron chi connectivity index (χ4n) is 2.90. The van der Waals surface area contributed by atoms with E-state index in [1.165, 1.54) is 0 Å². The molecule has 0 saturated heterocycles. The molecule has 4 nitrogen and oxygen atoms in total. The van der Waals surface area contributed by atoms with Crippen molar-refractivity contribution in [2.24, 2.45) is 0 Å². The van der Waals surface area contributed by atoms with Gasteiger partial charge < -0.3 is 9.47 Å². The van der Waals surface area contributed by atoms with Crippen LogP contribution in [-0.2, 0) is 29.1 Å². The SMILES string of the molecule is CCc1ccccc1COC(=O)c1ccccc1C(=O)OCc1ccccc1. The second-order valence-corrected chi connectivity index (χ2v) is 6.31. The standard InChI is InChI=1S/C24H22O4/c1-2-19-12-6-7-13-20(19)17-28-24(26)22-15-9-8-14-21(22)23(25)27-16-18-10-4-3-5-11-18/h3-15H,2,16-17H2,1H3. The fourth-order valence-corrected chi connectivity index (χ4v) is 2.90. The van der Waals surface area contributed by atoms with Crippen molar-refractivity contribution >= 4 is 11.9 Å². The Kier molecular flexibility index (Phi) is 6.58. The predicted molar refractivity (Wildman–Crippen MR) is 107 cm³/mol. The van der Waals surface area contributed by atoms with E-state index in [1.807, 2.05) is 54.6 Å². The normalized spacial score (nSPS) is 10.3. The molecule has 0 bridgehead atoms. The maximum atomic E-state index is 12.6. The van der Waals surface area contributed by atoms with Crippen molar-refractivity contribution < 1.29 is 19.1 Å². The Hall–Kier alpha value is -3.40. The van der Waals surface area contributed by atoms with Crippen molar-refractivity contribution in [2.75, 3.05) is 0 Å². The van der Waals surface area contributed by atoms with Gasteiger partial charge in [0.05, 0.1) is 11.1 Å². The first-order valence-corrected chi connectivity index (χ1v) is 9.23. The third-order valence-corrected chi connectivity index (χ3v) is 4.44. The summed E-state index contributed by atoms with van der Waals surface area (Å²) in [5.74, 6) is -1.09. The number of carbonyl (C=O) groups excluding carboxylic acids is 2. The zero-order chi connectivity index (χ0) is 19.8. The maximum absolute atomic E-state index is 12.6. The molecule has 0 aromatic heterocycles. The summed E-state index contributed by atoms with van der Waals surface area (Å²) in [7, 11) is 0. The zero-order valence-electron chi connectivity index (χ0n) is 15.8. The van der Waals surface area contributed by atoms with Crippen LogP contribution >= 0.6 is 0 Å². The lowest BCUT2D eigenvalue weighted by atomic mass is 10.1. The quantitative estimate of drug-likeness (QED) is 0.548. The van der Waals surface area contributed by atoms with Crippen LogP contribution < -0.4 is 0 Å². The van der Waals surface area contributed by atoms with E-state index in [9.17, 15) is 9.59 Å². The van der Waals surface area contributed by atoms with E-state index >= 15 is 0 Å². The van der Waals surface area contributed by atoms with Gasteiger partial charge in [0.25, 0.3) is 0 Å². The summed E-state index contributed by atoms with van der Waals surface area (Å²) in [5.41, 5.74) is 3.38. The molecule has 3 rings (SSSR count). The Bertz CT molecular complexity index is 948. The first-order valence-electron chi connectivity index (χ1n) is 9.23. The highest BCUT2D eigenvalue weighted by Gasteiger charge is 2.19. The summed E-state index contributed by atoms with van der Waals surface area (Å²) in [6.45, 7) is 2.36. The molecule has 0 aliphatic rings. The number of esters is 2. The molecule has 142 valence electrons. The Labute approximate surface area is 164 Å².